The molecule has 2 aromatic carbocycles. The molecule has 1 aliphatic rings. The highest BCUT2D eigenvalue weighted by molar-refractivity contribution is 7.80. The van der Waals surface area contributed by atoms with Crippen LogP contribution in [0.1, 0.15) is 39.5 Å². The number of hydrogen-bond acceptors (Lipinski definition) is 4. The molecule has 0 saturated carbocycles. The summed E-state index contributed by atoms with van der Waals surface area (Å²) in [7, 11) is 0. The number of halogens is 1. The van der Waals surface area contributed by atoms with Crippen LogP contribution < -0.4 is 10.2 Å². The van der Waals surface area contributed by atoms with E-state index in [1.165, 1.54) is 12.1 Å². The second kappa shape index (κ2) is 8.72. The fourth-order valence-electron chi connectivity index (χ4n) is 4.25. The van der Waals surface area contributed by atoms with Gasteiger partial charge in [0.2, 0.25) is 0 Å². The molecule has 6 nitrogen and oxygen atoms in total. The van der Waals surface area contributed by atoms with Crippen LogP contribution in [0.2, 0.25) is 0 Å². The van der Waals surface area contributed by atoms with E-state index in [-0.39, 0.29) is 23.5 Å². The second-order valence-corrected chi connectivity index (χ2v) is 8.40. The molecule has 1 aliphatic heterocycles. The Bertz CT molecular complexity index is 1370. The molecule has 2 N–H and O–H groups in total. The van der Waals surface area contributed by atoms with Gasteiger partial charge in [0.25, 0.3) is 0 Å². The number of pyridine rings is 1. The van der Waals surface area contributed by atoms with E-state index in [2.05, 4.69) is 10.3 Å². The molecule has 4 aromatic rings. The van der Waals surface area contributed by atoms with Crippen LogP contribution >= 0.6 is 12.2 Å². The molecule has 0 spiro atoms. The normalized spacial score (nSPS) is 17.6. The molecular formula is C26H20FN3O3S. The summed E-state index contributed by atoms with van der Waals surface area (Å²) in [6.45, 7) is 1.84. The number of thiocarbonyl (C=S) groups is 1. The quantitative estimate of drug-likeness (QED) is 0.362. The Balaban J connectivity index is 1.58. The van der Waals surface area contributed by atoms with Gasteiger partial charge in [0.1, 0.15) is 23.4 Å². The highest BCUT2D eigenvalue weighted by atomic mass is 32.1. The van der Waals surface area contributed by atoms with Crippen LogP contribution in [-0.2, 0) is 0 Å². The van der Waals surface area contributed by atoms with Gasteiger partial charge < -0.3 is 19.7 Å². The third-order valence-electron chi connectivity index (χ3n) is 5.86. The number of furan rings is 1. The van der Waals surface area contributed by atoms with Gasteiger partial charge in [-0.3, -0.25) is 4.98 Å². The number of hydrogen-bond donors (Lipinski definition) is 2. The van der Waals surface area contributed by atoms with Crippen molar-refractivity contribution < 1.29 is 18.7 Å². The minimum absolute atomic E-state index is 0.219. The lowest BCUT2D eigenvalue weighted by Crippen LogP contribution is -2.29. The molecule has 8 heteroatoms. The van der Waals surface area contributed by atoms with Crippen molar-refractivity contribution >= 4 is 29.0 Å². The Labute approximate surface area is 200 Å². The van der Waals surface area contributed by atoms with Crippen molar-refractivity contribution in [3.63, 3.8) is 0 Å². The van der Waals surface area contributed by atoms with Gasteiger partial charge in [0, 0.05) is 17.4 Å². The molecule has 0 radical (unpaired) electrons. The van der Waals surface area contributed by atoms with Crippen molar-refractivity contribution in [3.8, 4) is 11.3 Å². The van der Waals surface area contributed by atoms with E-state index in [4.69, 9.17) is 16.6 Å². The van der Waals surface area contributed by atoms with E-state index in [0.717, 1.165) is 22.5 Å². The fraction of sp³-hybridized carbons (Fsp3) is 0.115. The molecule has 0 amide bonds. The standard InChI is InChI=1S/C26H20FN3O3S/c1-15-14-16(25(31)32)5-10-19(15)21-11-12-22(33-21)24-23(20-4-2-3-13-28-20)29-26(34)30(24)18-8-6-17(27)7-9-18/h2-14,23-24H,1H3,(H,29,34)(H,31,32)/t23-,24-/m0/s1. The lowest BCUT2D eigenvalue weighted by Gasteiger charge is -2.26. The van der Waals surface area contributed by atoms with E-state index in [0.29, 0.717) is 16.6 Å². The average Bonchev–Trinajstić information content (AvgIpc) is 3.44. The number of aromatic carboxylic acids is 1. The number of carboxylic acid groups (broad SMARTS) is 1. The van der Waals surface area contributed by atoms with Crippen LogP contribution in [0, 0.1) is 12.7 Å². The number of aryl methyl sites for hydroxylation is 1. The van der Waals surface area contributed by atoms with Gasteiger partial charge in [0.05, 0.1) is 17.3 Å². The molecule has 1 saturated heterocycles. The van der Waals surface area contributed by atoms with Gasteiger partial charge in [-0.2, -0.15) is 0 Å². The fourth-order valence-corrected chi connectivity index (χ4v) is 4.60. The van der Waals surface area contributed by atoms with E-state index in [1.807, 2.05) is 42.2 Å². The van der Waals surface area contributed by atoms with Crippen molar-refractivity contribution in [1.29, 1.82) is 0 Å². The summed E-state index contributed by atoms with van der Waals surface area (Å²) < 4.78 is 19.9. The molecule has 0 unspecified atom stereocenters. The number of nitrogens with zero attached hydrogens (tertiary/aromatic N) is 2. The number of carboxylic acids is 1. The summed E-state index contributed by atoms with van der Waals surface area (Å²) in [6, 6.07) is 19.8. The number of anilines is 1. The van der Waals surface area contributed by atoms with Crippen LogP contribution in [0.5, 0.6) is 0 Å². The summed E-state index contributed by atoms with van der Waals surface area (Å²) >= 11 is 5.67. The zero-order chi connectivity index (χ0) is 23.8. The molecular weight excluding hydrogens is 453 g/mol. The van der Waals surface area contributed by atoms with Gasteiger partial charge in [-0.05, 0) is 85.4 Å². The summed E-state index contributed by atoms with van der Waals surface area (Å²) in [5.41, 5.74) is 3.32. The third-order valence-corrected chi connectivity index (χ3v) is 6.17. The molecule has 170 valence electrons. The lowest BCUT2D eigenvalue weighted by atomic mass is 10.0. The summed E-state index contributed by atoms with van der Waals surface area (Å²) in [6.07, 6.45) is 1.72. The maximum absolute atomic E-state index is 13.6. The zero-order valence-corrected chi connectivity index (χ0v) is 18.9. The van der Waals surface area contributed by atoms with Gasteiger partial charge in [-0.25, -0.2) is 9.18 Å². The summed E-state index contributed by atoms with van der Waals surface area (Å²) in [4.78, 5) is 17.7. The Morgan fingerprint density at radius 1 is 1.12 bits per heavy atom. The van der Waals surface area contributed by atoms with E-state index >= 15 is 0 Å². The average molecular weight is 474 g/mol. The smallest absolute Gasteiger partial charge is 0.335 e. The minimum Gasteiger partial charge on any atom is -0.478 e. The Morgan fingerprint density at radius 3 is 2.59 bits per heavy atom. The van der Waals surface area contributed by atoms with Gasteiger partial charge in [-0.15, -0.1) is 0 Å². The number of nitrogens with one attached hydrogen (secondary N) is 1. The monoisotopic (exact) mass is 473 g/mol. The summed E-state index contributed by atoms with van der Waals surface area (Å²) in [5.74, 6) is -0.0567. The van der Waals surface area contributed by atoms with Crippen molar-refractivity contribution in [3.05, 3.63) is 107 Å². The van der Waals surface area contributed by atoms with Gasteiger partial charge in [0.15, 0.2) is 5.11 Å². The number of carbonyl (C=O) groups is 1. The van der Waals surface area contributed by atoms with Gasteiger partial charge >= 0.3 is 5.97 Å². The Kier molecular flexibility index (Phi) is 5.59. The van der Waals surface area contributed by atoms with Crippen LogP contribution in [0.15, 0.2) is 83.4 Å². The van der Waals surface area contributed by atoms with Crippen molar-refractivity contribution in [2.75, 3.05) is 4.90 Å². The number of benzene rings is 2. The highest BCUT2D eigenvalue weighted by Gasteiger charge is 2.42. The van der Waals surface area contributed by atoms with Crippen LogP contribution in [-0.4, -0.2) is 21.2 Å². The largest absolute Gasteiger partial charge is 0.478 e. The zero-order valence-electron chi connectivity index (χ0n) is 18.1. The molecule has 1 fully saturated rings. The predicted octanol–water partition coefficient (Wildman–Crippen LogP) is 5.66. The minimum atomic E-state index is -0.978. The van der Waals surface area contributed by atoms with Gasteiger partial charge in [-0.1, -0.05) is 12.1 Å². The molecule has 0 bridgehead atoms. The van der Waals surface area contributed by atoms with E-state index < -0.39 is 5.97 Å². The predicted molar refractivity (Wildman–Crippen MR) is 130 cm³/mol. The molecule has 2 aromatic heterocycles. The van der Waals surface area contributed by atoms with E-state index in [1.54, 1.807) is 36.5 Å². The third kappa shape index (κ3) is 3.92. The second-order valence-electron chi connectivity index (χ2n) is 8.01. The topological polar surface area (TPSA) is 78.6 Å². The SMILES string of the molecule is Cc1cc(C(=O)O)ccc1-c1ccc([C@H]2[C@H](c3ccccn3)NC(=S)N2c2ccc(F)cc2)o1. The Hall–Kier alpha value is -4.04. The molecule has 5 rings (SSSR count). The number of rotatable bonds is 5. The first-order chi connectivity index (χ1) is 16.4. The first kappa shape index (κ1) is 21.8. The van der Waals surface area contributed by atoms with Crippen LogP contribution in [0.3, 0.4) is 0 Å². The molecule has 0 aliphatic carbocycles. The maximum atomic E-state index is 13.6. The van der Waals surface area contributed by atoms with Crippen molar-refractivity contribution in [2.24, 2.45) is 0 Å². The molecule has 2 atom stereocenters. The number of aromatic nitrogens is 1. The van der Waals surface area contributed by atoms with Crippen molar-refractivity contribution in [2.45, 2.75) is 19.0 Å². The summed E-state index contributed by atoms with van der Waals surface area (Å²) in [5, 5.41) is 13.1. The molecule has 3 heterocycles. The Morgan fingerprint density at radius 2 is 1.91 bits per heavy atom. The highest BCUT2D eigenvalue weighted by Crippen LogP contribution is 2.43. The maximum Gasteiger partial charge on any atom is 0.335 e. The first-order valence-electron chi connectivity index (χ1n) is 10.6. The van der Waals surface area contributed by atoms with Crippen molar-refractivity contribution in [1.82, 2.24) is 10.3 Å². The van der Waals surface area contributed by atoms with Crippen LogP contribution in [0.4, 0.5) is 10.1 Å². The van der Waals surface area contributed by atoms with E-state index in [9.17, 15) is 14.3 Å². The molecule has 34 heavy (non-hydrogen) atoms. The lowest BCUT2D eigenvalue weighted by molar-refractivity contribution is 0.0696. The van der Waals surface area contributed by atoms with Crippen LogP contribution in [0.25, 0.3) is 11.3 Å². The first-order valence-corrected chi connectivity index (χ1v) is 11.0.